The van der Waals surface area contributed by atoms with E-state index in [0.717, 1.165) is 0 Å². The molecule has 2 unspecified atom stereocenters. The SMILES string of the molecule is O=C(O)C12C3CCCC1C32. The predicted octanol–water partition coefficient (Wildman–Crippen LogP) is 1.12. The van der Waals surface area contributed by atoms with Crippen molar-refractivity contribution in [3.05, 3.63) is 0 Å². The summed E-state index contributed by atoms with van der Waals surface area (Å²) < 4.78 is 0. The standard InChI is InChI=1S/C8H10O2/c9-7(10)8-4-2-1-3-5(8)6(4)8/h4-6H,1-3H2,(H,9,10). The molecule has 0 amide bonds. The minimum absolute atomic E-state index is 0.155. The lowest BCUT2D eigenvalue weighted by Crippen LogP contribution is -2.22. The molecule has 0 radical (unpaired) electrons. The van der Waals surface area contributed by atoms with Crippen molar-refractivity contribution in [2.24, 2.45) is 23.2 Å². The highest BCUT2D eigenvalue weighted by atomic mass is 16.4. The van der Waals surface area contributed by atoms with Crippen molar-refractivity contribution in [2.75, 3.05) is 0 Å². The first-order valence-electron chi connectivity index (χ1n) is 4.03. The molecule has 54 valence electrons. The van der Waals surface area contributed by atoms with Crippen LogP contribution in [-0.2, 0) is 4.79 Å². The van der Waals surface area contributed by atoms with Gasteiger partial charge in [-0.2, -0.15) is 0 Å². The molecule has 3 fully saturated rings. The largest absolute Gasteiger partial charge is 0.481 e. The van der Waals surface area contributed by atoms with Gasteiger partial charge in [-0.1, -0.05) is 6.42 Å². The van der Waals surface area contributed by atoms with Gasteiger partial charge < -0.3 is 5.11 Å². The summed E-state index contributed by atoms with van der Waals surface area (Å²) in [5.41, 5.74) is -0.155. The molecule has 0 aliphatic heterocycles. The van der Waals surface area contributed by atoms with Crippen LogP contribution in [0.5, 0.6) is 0 Å². The Bertz CT molecular complexity index is 200. The summed E-state index contributed by atoms with van der Waals surface area (Å²) in [4.78, 5) is 10.7. The number of rotatable bonds is 1. The minimum Gasteiger partial charge on any atom is -0.481 e. The van der Waals surface area contributed by atoms with Crippen LogP contribution < -0.4 is 0 Å². The second kappa shape index (κ2) is 1.13. The van der Waals surface area contributed by atoms with E-state index in [1.54, 1.807) is 0 Å². The van der Waals surface area contributed by atoms with E-state index >= 15 is 0 Å². The second-order valence-corrected chi connectivity index (χ2v) is 3.91. The Labute approximate surface area is 59.2 Å². The van der Waals surface area contributed by atoms with Crippen molar-refractivity contribution >= 4 is 5.97 Å². The Hall–Kier alpha value is -0.530. The smallest absolute Gasteiger partial charge is 0.310 e. The lowest BCUT2D eigenvalue weighted by Gasteiger charge is -2.21. The lowest BCUT2D eigenvalue weighted by molar-refractivity contribution is -0.143. The molecule has 2 heteroatoms. The average Bonchev–Trinajstić information content (AvgIpc) is 2.74. The van der Waals surface area contributed by atoms with Gasteiger partial charge in [0.05, 0.1) is 5.41 Å². The number of carbonyl (C=O) groups is 1. The van der Waals surface area contributed by atoms with Gasteiger partial charge >= 0.3 is 5.97 Å². The molecule has 0 bridgehead atoms. The van der Waals surface area contributed by atoms with E-state index in [0.29, 0.717) is 17.8 Å². The number of carboxylic acids is 1. The van der Waals surface area contributed by atoms with E-state index in [-0.39, 0.29) is 5.41 Å². The zero-order valence-corrected chi connectivity index (χ0v) is 5.71. The van der Waals surface area contributed by atoms with Crippen molar-refractivity contribution in [1.29, 1.82) is 0 Å². The van der Waals surface area contributed by atoms with Crippen LogP contribution in [0.3, 0.4) is 0 Å². The van der Waals surface area contributed by atoms with Crippen LogP contribution in [-0.4, -0.2) is 11.1 Å². The van der Waals surface area contributed by atoms with Crippen LogP contribution in [0.1, 0.15) is 19.3 Å². The van der Waals surface area contributed by atoms with E-state index in [1.807, 2.05) is 0 Å². The first kappa shape index (κ1) is 5.16. The molecule has 0 heterocycles. The molecule has 2 atom stereocenters. The van der Waals surface area contributed by atoms with E-state index in [2.05, 4.69) is 0 Å². The summed E-state index contributed by atoms with van der Waals surface area (Å²) in [5, 5.41) is 8.86. The summed E-state index contributed by atoms with van der Waals surface area (Å²) in [7, 11) is 0. The van der Waals surface area contributed by atoms with Crippen molar-refractivity contribution in [3.8, 4) is 0 Å². The van der Waals surface area contributed by atoms with Gasteiger partial charge in [0.25, 0.3) is 0 Å². The third-order valence-corrected chi connectivity index (χ3v) is 3.83. The van der Waals surface area contributed by atoms with E-state index < -0.39 is 5.97 Å². The molecular weight excluding hydrogens is 128 g/mol. The van der Waals surface area contributed by atoms with E-state index in [9.17, 15) is 4.79 Å². The number of carboxylic acid groups (broad SMARTS) is 1. The van der Waals surface area contributed by atoms with Gasteiger partial charge in [-0.15, -0.1) is 0 Å². The molecule has 3 aliphatic rings. The molecule has 0 aromatic carbocycles. The topological polar surface area (TPSA) is 37.3 Å². The first-order chi connectivity index (χ1) is 4.79. The molecule has 3 rings (SSSR count). The highest BCUT2D eigenvalue weighted by Crippen LogP contribution is 2.88. The Kier molecular flexibility index (Phi) is 0.582. The van der Waals surface area contributed by atoms with Crippen LogP contribution in [0.4, 0.5) is 0 Å². The molecule has 0 aromatic rings. The van der Waals surface area contributed by atoms with Crippen molar-refractivity contribution in [1.82, 2.24) is 0 Å². The maximum Gasteiger partial charge on any atom is 0.310 e. The molecule has 2 nitrogen and oxygen atoms in total. The fourth-order valence-electron chi connectivity index (χ4n) is 3.32. The number of fused-ring (bicyclic) bond motifs is 2. The zero-order chi connectivity index (χ0) is 6.93. The van der Waals surface area contributed by atoms with Crippen molar-refractivity contribution < 1.29 is 9.90 Å². The maximum atomic E-state index is 10.7. The third kappa shape index (κ3) is 0.279. The fourth-order valence-corrected chi connectivity index (χ4v) is 3.32. The molecule has 0 aromatic heterocycles. The summed E-state index contributed by atoms with van der Waals surface area (Å²) in [5.74, 6) is 1.32. The van der Waals surface area contributed by atoms with E-state index in [4.69, 9.17) is 5.11 Å². The maximum absolute atomic E-state index is 10.7. The highest BCUT2D eigenvalue weighted by Gasteiger charge is 2.90. The van der Waals surface area contributed by atoms with Crippen molar-refractivity contribution in [2.45, 2.75) is 19.3 Å². The van der Waals surface area contributed by atoms with Gasteiger partial charge in [0.1, 0.15) is 0 Å². The van der Waals surface area contributed by atoms with E-state index in [1.165, 1.54) is 19.3 Å². The summed E-state index contributed by atoms with van der Waals surface area (Å²) >= 11 is 0. The molecule has 0 saturated heterocycles. The highest BCUT2D eigenvalue weighted by molar-refractivity contribution is 5.86. The normalized spacial score (nSPS) is 61.0. The average molecular weight is 138 g/mol. The Morgan fingerprint density at radius 2 is 2.00 bits per heavy atom. The van der Waals surface area contributed by atoms with Crippen LogP contribution in [0.15, 0.2) is 0 Å². The molecule has 1 N–H and O–H groups in total. The zero-order valence-electron chi connectivity index (χ0n) is 5.71. The quantitative estimate of drug-likeness (QED) is 0.589. The Morgan fingerprint density at radius 3 is 2.30 bits per heavy atom. The van der Waals surface area contributed by atoms with Gasteiger partial charge in [-0.25, -0.2) is 0 Å². The molecule has 3 aliphatic carbocycles. The predicted molar refractivity (Wildman–Crippen MR) is 34.4 cm³/mol. The minimum atomic E-state index is -0.507. The molecule has 0 spiro atoms. The first-order valence-corrected chi connectivity index (χ1v) is 4.03. The molecule has 10 heavy (non-hydrogen) atoms. The van der Waals surface area contributed by atoms with Crippen LogP contribution in [0.25, 0.3) is 0 Å². The number of hydrogen-bond acceptors (Lipinski definition) is 1. The number of hydrogen-bond donors (Lipinski definition) is 1. The second-order valence-electron chi connectivity index (χ2n) is 3.91. The number of aliphatic carboxylic acids is 1. The van der Waals surface area contributed by atoms with Crippen LogP contribution >= 0.6 is 0 Å². The summed E-state index contributed by atoms with van der Waals surface area (Å²) in [6, 6.07) is 0. The van der Waals surface area contributed by atoms with Gasteiger partial charge in [0.15, 0.2) is 0 Å². The Morgan fingerprint density at radius 1 is 1.40 bits per heavy atom. The monoisotopic (exact) mass is 138 g/mol. The lowest BCUT2D eigenvalue weighted by atomic mass is 9.83. The van der Waals surface area contributed by atoms with Crippen LogP contribution in [0, 0.1) is 23.2 Å². The molecular formula is C8H10O2. The van der Waals surface area contributed by atoms with Crippen LogP contribution in [0.2, 0.25) is 0 Å². The Balaban J connectivity index is 1.94. The van der Waals surface area contributed by atoms with Gasteiger partial charge in [0.2, 0.25) is 0 Å². The summed E-state index contributed by atoms with van der Waals surface area (Å²) in [6.45, 7) is 0. The summed E-state index contributed by atoms with van der Waals surface area (Å²) in [6.07, 6.45) is 3.65. The van der Waals surface area contributed by atoms with Gasteiger partial charge in [-0.3, -0.25) is 4.79 Å². The fraction of sp³-hybridized carbons (Fsp3) is 0.875. The molecule has 3 saturated carbocycles. The van der Waals surface area contributed by atoms with Crippen molar-refractivity contribution in [3.63, 3.8) is 0 Å². The van der Waals surface area contributed by atoms with Gasteiger partial charge in [0, 0.05) is 0 Å². The third-order valence-electron chi connectivity index (χ3n) is 3.83. The van der Waals surface area contributed by atoms with Gasteiger partial charge in [-0.05, 0) is 30.6 Å².